The molecule has 1 aliphatic rings. The number of piperazine rings is 1. The maximum absolute atomic E-state index is 12.5. The second-order valence-corrected chi connectivity index (χ2v) is 7.19. The molecule has 1 fully saturated rings. The molecule has 9 nitrogen and oxygen atoms in total. The van der Waals surface area contributed by atoms with Crippen molar-refractivity contribution in [1.29, 1.82) is 0 Å². The Hall–Kier alpha value is -3.43. The summed E-state index contributed by atoms with van der Waals surface area (Å²) in [6, 6.07) is 17.0. The fraction of sp³-hybridized carbons (Fsp3) is 0.348. The Balaban J connectivity index is 0.000000534. The van der Waals surface area contributed by atoms with Gasteiger partial charge in [0.25, 0.3) is 0 Å². The van der Waals surface area contributed by atoms with E-state index in [4.69, 9.17) is 24.5 Å². The number of para-hydroxylation sites is 1. The van der Waals surface area contributed by atoms with Gasteiger partial charge in [0.1, 0.15) is 11.5 Å². The Morgan fingerprint density at radius 3 is 1.94 bits per heavy atom. The molecule has 172 valence electrons. The second-order valence-electron chi connectivity index (χ2n) is 7.19. The topological polar surface area (TPSA) is 119 Å². The fourth-order valence-corrected chi connectivity index (χ4v) is 3.11. The van der Waals surface area contributed by atoms with E-state index in [0.717, 1.165) is 49.9 Å². The molecular weight excluding hydrogens is 414 g/mol. The fourth-order valence-electron chi connectivity index (χ4n) is 3.11. The van der Waals surface area contributed by atoms with Gasteiger partial charge in [0, 0.05) is 31.9 Å². The van der Waals surface area contributed by atoms with Crippen molar-refractivity contribution in [2.75, 3.05) is 38.0 Å². The predicted octanol–water partition coefficient (Wildman–Crippen LogP) is 2.60. The SMILES string of the molecule is CCN1CCN(C(C)C(=O)Nc2ccc(Oc3ccccc3)cc2)CC1.O=C(O)C(=O)O. The smallest absolute Gasteiger partial charge is 0.414 e. The molecule has 0 aliphatic carbocycles. The number of nitrogens with zero attached hydrogens (tertiary/aromatic N) is 2. The molecule has 3 N–H and O–H groups in total. The summed E-state index contributed by atoms with van der Waals surface area (Å²) in [5, 5.41) is 17.8. The van der Waals surface area contributed by atoms with Crippen LogP contribution in [0.25, 0.3) is 0 Å². The third-order valence-corrected chi connectivity index (χ3v) is 5.06. The van der Waals surface area contributed by atoms with E-state index in [0.29, 0.717) is 0 Å². The number of hydrogen-bond donors (Lipinski definition) is 3. The third kappa shape index (κ3) is 8.01. The number of anilines is 1. The molecule has 1 atom stereocenters. The Morgan fingerprint density at radius 1 is 0.906 bits per heavy atom. The molecule has 1 saturated heterocycles. The molecule has 0 spiro atoms. The number of aliphatic carboxylic acids is 2. The molecule has 1 amide bonds. The van der Waals surface area contributed by atoms with Crippen molar-refractivity contribution in [2.24, 2.45) is 0 Å². The standard InChI is InChI=1S/C21H27N3O2.C2H2O4/c1-3-23-13-15-24(16-14-23)17(2)21(25)22-18-9-11-20(12-10-18)26-19-7-5-4-6-8-19;3-1(4)2(5)6/h4-12,17H,3,13-16H2,1-2H3,(H,22,25);(H,3,4)(H,5,6). The highest BCUT2D eigenvalue weighted by molar-refractivity contribution is 6.27. The van der Waals surface area contributed by atoms with Gasteiger partial charge in [0.2, 0.25) is 5.91 Å². The molecular formula is C23H29N3O6. The van der Waals surface area contributed by atoms with Gasteiger partial charge < -0.3 is 25.2 Å². The normalized spacial score (nSPS) is 15.1. The van der Waals surface area contributed by atoms with E-state index in [2.05, 4.69) is 22.0 Å². The predicted molar refractivity (Wildman–Crippen MR) is 120 cm³/mol. The maximum Gasteiger partial charge on any atom is 0.414 e. The van der Waals surface area contributed by atoms with Crippen LogP contribution in [0.1, 0.15) is 13.8 Å². The third-order valence-electron chi connectivity index (χ3n) is 5.06. The minimum Gasteiger partial charge on any atom is -0.473 e. The first-order valence-corrected chi connectivity index (χ1v) is 10.4. The Kier molecular flexibility index (Phi) is 9.65. The van der Waals surface area contributed by atoms with Crippen molar-refractivity contribution in [2.45, 2.75) is 19.9 Å². The summed E-state index contributed by atoms with van der Waals surface area (Å²) in [5.74, 6) is -2.07. The first-order chi connectivity index (χ1) is 15.3. The van der Waals surface area contributed by atoms with E-state index < -0.39 is 11.9 Å². The van der Waals surface area contributed by atoms with Crippen LogP contribution in [-0.4, -0.2) is 76.6 Å². The molecule has 0 bridgehead atoms. The monoisotopic (exact) mass is 443 g/mol. The minimum absolute atomic E-state index is 0.0340. The molecule has 9 heteroatoms. The summed E-state index contributed by atoms with van der Waals surface area (Å²) in [6.07, 6.45) is 0. The number of amides is 1. The minimum atomic E-state index is -1.82. The van der Waals surface area contributed by atoms with Gasteiger partial charge >= 0.3 is 11.9 Å². The zero-order chi connectivity index (χ0) is 23.5. The highest BCUT2D eigenvalue weighted by atomic mass is 16.5. The average molecular weight is 444 g/mol. The van der Waals surface area contributed by atoms with Crippen molar-refractivity contribution in [1.82, 2.24) is 9.80 Å². The van der Waals surface area contributed by atoms with Gasteiger partial charge in [-0.2, -0.15) is 0 Å². The first-order valence-electron chi connectivity index (χ1n) is 10.4. The van der Waals surface area contributed by atoms with E-state index in [9.17, 15) is 4.79 Å². The van der Waals surface area contributed by atoms with Crippen LogP contribution < -0.4 is 10.1 Å². The van der Waals surface area contributed by atoms with Gasteiger partial charge in [-0.1, -0.05) is 25.1 Å². The van der Waals surface area contributed by atoms with Gasteiger partial charge in [0.05, 0.1) is 6.04 Å². The first kappa shape index (κ1) is 24.8. The average Bonchev–Trinajstić information content (AvgIpc) is 2.81. The van der Waals surface area contributed by atoms with E-state index in [1.165, 1.54) is 0 Å². The van der Waals surface area contributed by atoms with Crippen LogP contribution in [0.4, 0.5) is 5.69 Å². The lowest BCUT2D eigenvalue weighted by molar-refractivity contribution is -0.159. The van der Waals surface area contributed by atoms with Crippen molar-refractivity contribution in [3.8, 4) is 11.5 Å². The number of carbonyl (C=O) groups excluding carboxylic acids is 1. The van der Waals surface area contributed by atoms with Gasteiger partial charge in [-0.15, -0.1) is 0 Å². The summed E-state index contributed by atoms with van der Waals surface area (Å²) < 4.78 is 5.78. The van der Waals surface area contributed by atoms with Crippen LogP contribution in [0.5, 0.6) is 11.5 Å². The molecule has 1 heterocycles. The largest absolute Gasteiger partial charge is 0.473 e. The lowest BCUT2D eigenvalue weighted by Gasteiger charge is -2.36. The Morgan fingerprint density at radius 2 is 1.44 bits per heavy atom. The number of rotatable bonds is 6. The lowest BCUT2D eigenvalue weighted by atomic mass is 10.2. The number of hydrogen-bond acceptors (Lipinski definition) is 6. The van der Waals surface area contributed by atoms with E-state index in [-0.39, 0.29) is 11.9 Å². The van der Waals surface area contributed by atoms with Crippen LogP contribution >= 0.6 is 0 Å². The molecule has 3 rings (SSSR count). The number of carboxylic acids is 2. The summed E-state index contributed by atoms with van der Waals surface area (Å²) in [6.45, 7) is 9.16. The number of benzene rings is 2. The molecule has 2 aromatic carbocycles. The highest BCUT2D eigenvalue weighted by Gasteiger charge is 2.25. The van der Waals surface area contributed by atoms with Crippen molar-refractivity contribution in [3.05, 3.63) is 54.6 Å². The lowest BCUT2D eigenvalue weighted by Crippen LogP contribution is -2.52. The quantitative estimate of drug-likeness (QED) is 0.583. The Bertz CT molecular complexity index is 868. The van der Waals surface area contributed by atoms with Gasteiger partial charge in [-0.3, -0.25) is 9.69 Å². The van der Waals surface area contributed by atoms with Gasteiger partial charge in [0.15, 0.2) is 0 Å². The van der Waals surface area contributed by atoms with Crippen molar-refractivity contribution >= 4 is 23.5 Å². The van der Waals surface area contributed by atoms with E-state index in [1.54, 1.807) is 0 Å². The zero-order valence-corrected chi connectivity index (χ0v) is 18.2. The van der Waals surface area contributed by atoms with Crippen LogP contribution in [0.15, 0.2) is 54.6 Å². The number of nitrogens with one attached hydrogen (secondary N) is 1. The molecule has 32 heavy (non-hydrogen) atoms. The molecule has 2 aromatic rings. The van der Waals surface area contributed by atoms with Crippen LogP contribution in [0, 0.1) is 0 Å². The molecule has 1 aliphatic heterocycles. The highest BCUT2D eigenvalue weighted by Crippen LogP contribution is 2.22. The van der Waals surface area contributed by atoms with E-state index in [1.807, 2.05) is 61.5 Å². The molecule has 0 radical (unpaired) electrons. The van der Waals surface area contributed by atoms with E-state index >= 15 is 0 Å². The van der Waals surface area contributed by atoms with Gasteiger partial charge in [-0.25, -0.2) is 9.59 Å². The molecule has 0 saturated carbocycles. The number of likely N-dealkylation sites (N-methyl/N-ethyl adjacent to an activating group) is 1. The van der Waals surface area contributed by atoms with Crippen LogP contribution in [0.3, 0.4) is 0 Å². The Labute approximate surface area is 187 Å². The summed E-state index contributed by atoms with van der Waals surface area (Å²) in [5.41, 5.74) is 0.787. The zero-order valence-electron chi connectivity index (χ0n) is 18.2. The van der Waals surface area contributed by atoms with Crippen molar-refractivity contribution in [3.63, 3.8) is 0 Å². The number of carboxylic acid groups (broad SMARTS) is 2. The summed E-state index contributed by atoms with van der Waals surface area (Å²) in [4.78, 5) is 35.4. The van der Waals surface area contributed by atoms with Crippen molar-refractivity contribution < 1.29 is 29.3 Å². The molecule has 1 unspecified atom stereocenters. The van der Waals surface area contributed by atoms with Crippen LogP contribution in [0.2, 0.25) is 0 Å². The molecule has 0 aromatic heterocycles. The maximum atomic E-state index is 12.5. The summed E-state index contributed by atoms with van der Waals surface area (Å²) >= 11 is 0. The van der Waals surface area contributed by atoms with Crippen LogP contribution in [-0.2, 0) is 14.4 Å². The summed E-state index contributed by atoms with van der Waals surface area (Å²) in [7, 11) is 0. The number of carbonyl (C=O) groups is 3. The number of ether oxygens (including phenoxy) is 1. The second kappa shape index (κ2) is 12.4. The van der Waals surface area contributed by atoms with Gasteiger partial charge in [-0.05, 0) is 49.9 Å².